The SMILES string of the molecule is Nc1ncnn2c(C3CCN(C(=O)O)CC3)cc(-c3ccc4cn(Cc5cccnc5)nc4c3)c12. The third kappa shape index (κ3) is 3.82. The molecule has 35 heavy (non-hydrogen) atoms. The average Bonchev–Trinajstić information content (AvgIpc) is 3.46. The van der Waals surface area contributed by atoms with Crippen molar-refractivity contribution in [3.63, 3.8) is 0 Å². The zero-order valence-electron chi connectivity index (χ0n) is 18.9. The van der Waals surface area contributed by atoms with Crippen LogP contribution in [0.15, 0.2) is 61.3 Å². The molecule has 0 unspecified atom stereocenters. The van der Waals surface area contributed by atoms with Crippen LogP contribution in [0.1, 0.15) is 30.0 Å². The van der Waals surface area contributed by atoms with Gasteiger partial charge in [-0.3, -0.25) is 9.67 Å². The first kappa shape index (κ1) is 21.1. The number of carboxylic acid groups (broad SMARTS) is 1. The van der Waals surface area contributed by atoms with Crippen molar-refractivity contribution in [2.75, 3.05) is 18.8 Å². The first-order valence-corrected chi connectivity index (χ1v) is 11.5. The molecule has 10 heteroatoms. The molecular weight excluding hydrogens is 444 g/mol. The number of hydrogen-bond donors (Lipinski definition) is 2. The van der Waals surface area contributed by atoms with Crippen LogP contribution in [0.5, 0.6) is 0 Å². The Morgan fingerprint density at radius 2 is 2.03 bits per heavy atom. The van der Waals surface area contributed by atoms with E-state index >= 15 is 0 Å². The second kappa shape index (κ2) is 8.39. The number of benzene rings is 1. The van der Waals surface area contributed by atoms with Gasteiger partial charge in [-0.2, -0.15) is 10.2 Å². The minimum atomic E-state index is -0.869. The molecule has 5 aromatic rings. The van der Waals surface area contributed by atoms with E-state index in [1.807, 2.05) is 33.7 Å². The number of likely N-dealkylation sites (tertiary alicyclic amines) is 1. The van der Waals surface area contributed by atoms with Crippen LogP contribution in [0.4, 0.5) is 10.6 Å². The van der Waals surface area contributed by atoms with Gasteiger partial charge in [-0.25, -0.2) is 14.3 Å². The van der Waals surface area contributed by atoms with E-state index in [0.717, 1.165) is 51.6 Å². The van der Waals surface area contributed by atoms with Crippen LogP contribution in [0.3, 0.4) is 0 Å². The molecular formula is C25H24N8O2. The molecule has 6 rings (SSSR count). The lowest BCUT2D eigenvalue weighted by atomic mass is 9.93. The first-order valence-electron chi connectivity index (χ1n) is 11.5. The summed E-state index contributed by atoms with van der Waals surface area (Å²) in [6.07, 6.45) is 7.70. The predicted octanol–water partition coefficient (Wildman–Crippen LogP) is 3.63. The molecule has 0 atom stereocenters. The zero-order chi connectivity index (χ0) is 23.9. The highest BCUT2D eigenvalue weighted by atomic mass is 16.4. The van der Waals surface area contributed by atoms with E-state index in [9.17, 15) is 9.90 Å². The van der Waals surface area contributed by atoms with Crippen molar-refractivity contribution in [3.8, 4) is 11.1 Å². The largest absolute Gasteiger partial charge is 0.465 e. The topological polar surface area (TPSA) is 127 Å². The van der Waals surface area contributed by atoms with Gasteiger partial charge in [0.05, 0.1) is 12.1 Å². The van der Waals surface area contributed by atoms with Crippen molar-refractivity contribution in [3.05, 3.63) is 72.6 Å². The summed E-state index contributed by atoms with van der Waals surface area (Å²) in [5.41, 5.74) is 12.0. The third-order valence-corrected chi connectivity index (χ3v) is 6.73. The zero-order valence-corrected chi connectivity index (χ0v) is 18.9. The van der Waals surface area contributed by atoms with Crippen molar-refractivity contribution in [1.82, 2.24) is 34.3 Å². The van der Waals surface area contributed by atoms with E-state index in [1.165, 1.54) is 11.2 Å². The number of anilines is 1. The normalized spacial score (nSPS) is 14.7. The molecule has 1 amide bonds. The number of amides is 1. The highest BCUT2D eigenvalue weighted by molar-refractivity contribution is 5.92. The van der Waals surface area contributed by atoms with E-state index in [4.69, 9.17) is 10.8 Å². The fraction of sp³-hybridized carbons (Fsp3) is 0.240. The number of hydrogen-bond acceptors (Lipinski definition) is 6. The summed E-state index contributed by atoms with van der Waals surface area (Å²) >= 11 is 0. The van der Waals surface area contributed by atoms with Gasteiger partial charge in [0.1, 0.15) is 11.8 Å². The molecule has 0 aliphatic carbocycles. The Balaban J connectivity index is 1.38. The molecule has 1 aromatic carbocycles. The van der Waals surface area contributed by atoms with E-state index in [2.05, 4.69) is 39.3 Å². The Morgan fingerprint density at radius 3 is 2.80 bits per heavy atom. The van der Waals surface area contributed by atoms with E-state index in [0.29, 0.717) is 25.5 Å². The van der Waals surface area contributed by atoms with Gasteiger partial charge in [-0.1, -0.05) is 18.2 Å². The lowest BCUT2D eigenvalue weighted by molar-refractivity contribution is 0.131. The molecule has 0 spiro atoms. The van der Waals surface area contributed by atoms with Crippen LogP contribution >= 0.6 is 0 Å². The number of nitrogen functional groups attached to an aromatic ring is 1. The summed E-state index contributed by atoms with van der Waals surface area (Å²) < 4.78 is 3.78. The maximum atomic E-state index is 11.3. The molecule has 4 aromatic heterocycles. The smallest absolute Gasteiger partial charge is 0.407 e. The summed E-state index contributed by atoms with van der Waals surface area (Å²) in [6.45, 7) is 1.65. The second-order valence-corrected chi connectivity index (χ2v) is 8.89. The van der Waals surface area contributed by atoms with E-state index in [1.54, 1.807) is 6.20 Å². The highest BCUT2D eigenvalue weighted by Crippen LogP contribution is 2.37. The van der Waals surface area contributed by atoms with E-state index < -0.39 is 6.09 Å². The molecule has 0 saturated carbocycles. The van der Waals surface area contributed by atoms with Crippen molar-refractivity contribution in [2.24, 2.45) is 0 Å². The van der Waals surface area contributed by atoms with Crippen LogP contribution in [0.2, 0.25) is 0 Å². The summed E-state index contributed by atoms with van der Waals surface area (Å²) in [7, 11) is 0. The number of fused-ring (bicyclic) bond motifs is 2. The number of nitrogens with zero attached hydrogens (tertiary/aromatic N) is 7. The van der Waals surface area contributed by atoms with Crippen molar-refractivity contribution in [2.45, 2.75) is 25.3 Å². The fourth-order valence-corrected chi connectivity index (χ4v) is 4.96. The van der Waals surface area contributed by atoms with Crippen LogP contribution in [0.25, 0.3) is 27.5 Å². The van der Waals surface area contributed by atoms with E-state index in [-0.39, 0.29) is 5.92 Å². The maximum Gasteiger partial charge on any atom is 0.407 e. The van der Waals surface area contributed by atoms with Gasteiger partial charge in [0.25, 0.3) is 0 Å². The Kier molecular flexibility index (Phi) is 5.05. The average molecular weight is 469 g/mol. The molecule has 1 fully saturated rings. The van der Waals surface area contributed by atoms with Gasteiger partial charge >= 0.3 is 6.09 Å². The van der Waals surface area contributed by atoms with Gasteiger partial charge in [0.15, 0.2) is 5.82 Å². The quantitative estimate of drug-likeness (QED) is 0.412. The summed E-state index contributed by atoms with van der Waals surface area (Å²) in [5, 5.41) is 19.6. The van der Waals surface area contributed by atoms with Gasteiger partial charge < -0.3 is 15.7 Å². The first-order chi connectivity index (χ1) is 17.1. The Morgan fingerprint density at radius 1 is 1.17 bits per heavy atom. The molecule has 1 aliphatic heterocycles. The lowest BCUT2D eigenvalue weighted by Crippen LogP contribution is -2.37. The number of nitrogens with two attached hydrogens (primary N) is 1. The molecule has 0 radical (unpaired) electrons. The van der Waals surface area contributed by atoms with Crippen LogP contribution in [-0.4, -0.2) is 58.6 Å². The predicted molar refractivity (Wildman–Crippen MR) is 131 cm³/mol. The second-order valence-electron chi connectivity index (χ2n) is 8.89. The maximum absolute atomic E-state index is 11.3. The van der Waals surface area contributed by atoms with Crippen molar-refractivity contribution in [1.29, 1.82) is 0 Å². The van der Waals surface area contributed by atoms with Gasteiger partial charge in [-0.05, 0) is 42.2 Å². The molecule has 1 saturated heterocycles. The number of pyridine rings is 1. The van der Waals surface area contributed by atoms with Crippen molar-refractivity contribution >= 4 is 28.3 Å². The standard InChI is InChI=1S/C25H24N8O2/c26-24-23-20(11-22(33(23)29-15-28-24)17-5-8-31(9-6-17)25(34)35)18-3-4-19-14-32(30-21(19)10-18)13-16-2-1-7-27-12-16/h1-4,7,10-12,14-15,17H,5-6,8-9,13H2,(H,34,35)(H2,26,28,29). The van der Waals surface area contributed by atoms with Crippen LogP contribution in [-0.2, 0) is 6.54 Å². The summed E-state index contributed by atoms with van der Waals surface area (Å²) in [4.78, 5) is 21.2. The Hall–Kier alpha value is -4.47. The monoisotopic (exact) mass is 468 g/mol. The summed E-state index contributed by atoms with van der Waals surface area (Å²) in [5.74, 6) is 0.593. The minimum absolute atomic E-state index is 0.184. The van der Waals surface area contributed by atoms with Crippen molar-refractivity contribution < 1.29 is 9.90 Å². The molecule has 1 aliphatic rings. The molecule has 176 valence electrons. The lowest BCUT2D eigenvalue weighted by Gasteiger charge is -2.29. The molecule has 10 nitrogen and oxygen atoms in total. The van der Waals surface area contributed by atoms with Gasteiger partial charge in [-0.15, -0.1) is 0 Å². The number of piperidine rings is 1. The van der Waals surface area contributed by atoms with Crippen LogP contribution < -0.4 is 5.73 Å². The fourth-order valence-electron chi connectivity index (χ4n) is 4.96. The number of aromatic nitrogens is 6. The van der Waals surface area contributed by atoms with Gasteiger partial charge in [0.2, 0.25) is 0 Å². The summed E-state index contributed by atoms with van der Waals surface area (Å²) in [6, 6.07) is 12.3. The van der Waals surface area contributed by atoms with Crippen LogP contribution in [0, 0.1) is 0 Å². The highest BCUT2D eigenvalue weighted by Gasteiger charge is 2.27. The Bertz CT molecular complexity index is 1530. The number of carbonyl (C=O) groups is 1. The van der Waals surface area contributed by atoms with Gasteiger partial charge in [0, 0.05) is 54.2 Å². The molecule has 5 heterocycles. The number of rotatable bonds is 4. The molecule has 0 bridgehead atoms. The third-order valence-electron chi connectivity index (χ3n) is 6.73. The minimum Gasteiger partial charge on any atom is -0.465 e. The Labute approximate surface area is 200 Å². The molecule has 3 N–H and O–H groups in total.